The molecule has 1 rings (SSSR count). The van der Waals surface area contributed by atoms with Crippen LogP contribution in [-0.2, 0) is 4.79 Å². The molecule has 0 heterocycles. The van der Waals surface area contributed by atoms with E-state index in [2.05, 4.69) is 29.4 Å². The van der Waals surface area contributed by atoms with Gasteiger partial charge in [0.25, 0.3) is 0 Å². The highest BCUT2D eigenvalue weighted by Gasteiger charge is 2.42. The highest BCUT2D eigenvalue weighted by molar-refractivity contribution is 5.86. The molecule has 0 saturated heterocycles. The van der Waals surface area contributed by atoms with Crippen LogP contribution in [0.3, 0.4) is 0 Å². The Morgan fingerprint density at radius 2 is 1.89 bits per heavy atom. The number of carboxylic acid groups (broad SMARTS) is 1. The van der Waals surface area contributed by atoms with E-state index in [0.717, 1.165) is 19.4 Å². The Balaban J connectivity index is 2.36. The van der Waals surface area contributed by atoms with Gasteiger partial charge in [0.1, 0.15) is 5.54 Å². The Labute approximate surface area is 114 Å². The van der Waals surface area contributed by atoms with Crippen molar-refractivity contribution in [2.24, 2.45) is 0 Å². The standard InChI is InChI=1S/C13H25N3O3/c1-10(2)16(3)9-8-14-12(19)15-13(11(17)18)6-4-5-7-13/h10H,4-9H2,1-3H3,(H,17,18)(H2,14,15,19). The van der Waals surface area contributed by atoms with Gasteiger partial charge < -0.3 is 20.6 Å². The Bertz CT molecular complexity index is 325. The first-order chi connectivity index (χ1) is 8.87. The number of urea groups is 1. The van der Waals surface area contributed by atoms with Gasteiger partial charge in [0.15, 0.2) is 0 Å². The van der Waals surface area contributed by atoms with Gasteiger partial charge in [0, 0.05) is 19.1 Å². The number of amides is 2. The van der Waals surface area contributed by atoms with Gasteiger partial charge in [-0.3, -0.25) is 0 Å². The smallest absolute Gasteiger partial charge is 0.329 e. The van der Waals surface area contributed by atoms with Gasteiger partial charge in [-0.1, -0.05) is 12.8 Å². The van der Waals surface area contributed by atoms with E-state index >= 15 is 0 Å². The van der Waals surface area contributed by atoms with Crippen LogP contribution in [0.25, 0.3) is 0 Å². The van der Waals surface area contributed by atoms with Crippen LogP contribution in [0, 0.1) is 0 Å². The molecule has 0 bridgehead atoms. The second kappa shape index (κ2) is 6.75. The molecule has 2 amide bonds. The maximum Gasteiger partial charge on any atom is 0.329 e. The minimum Gasteiger partial charge on any atom is -0.480 e. The minimum atomic E-state index is -1.06. The van der Waals surface area contributed by atoms with Crippen molar-refractivity contribution in [3.63, 3.8) is 0 Å². The monoisotopic (exact) mass is 271 g/mol. The summed E-state index contributed by atoms with van der Waals surface area (Å²) < 4.78 is 0. The molecule has 1 aliphatic carbocycles. The van der Waals surface area contributed by atoms with Crippen molar-refractivity contribution in [3.8, 4) is 0 Å². The maximum absolute atomic E-state index is 11.8. The van der Waals surface area contributed by atoms with Crippen LogP contribution in [-0.4, -0.2) is 53.7 Å². The summed E-state index contributed by atoms with van der Waals surface area (Å²) in [6.45, 7) is 5.41. The molecule has 0 aliphatic heterocycles. The Hall–Kier alpha value is -1.30. The summed E-state index contributed by atoms with van der Waals surface area (Å²) in [5.74, 6) is -0.931. The van der Waals surface area contributed by atoms with E-state index in [0.29, 0.717) is 25.4 Å². The normalized spacial score (nSPS) is 17.7. The highest BCUT2D eigenvalue weighted by atomic mass is 16.4. The fraction of sp³-hybridized carbons (Fsp3) is 0.846. The third kappa shape index (κ3) is 4.38. The molecular weight excluding hydrogens is 246 g/mol. The average Bonchev–Trinajstić information content (AvgIpc) is 2.78. The molecule has 0 atom stereocenters. The number of nitrogens with one attached hydrogen (secondary N) is 2. The lowest BCUT2D eigenvalue weighted by Gasteiger charge is -2.26. The zero-order valence-electron chi connectivity index (χ0n) is 12.0. The number of hydrogen-bond acceptors (Lipinski definition) is 3. The number of carboxylic acids is 1. The van der Waals surface area contributed by atoms with Crippen LogP contribution in [0.15, 0.2) is 0 Å². The summed E-state index contributed by atoms with van der Waals surface area (Å²) in [7, 11) is 1.99. The molecule has 0 aromatic carbocycles. The molecule has 0 unspecified atom stereocenters. The lowest BCUT2D eigenvalue weighted by molar-refractivity contribution is -0.144. The van der Waals surface area contributed by atoms with Gasteiger partial charge in [-0.25, -0.2) is 9.59 Å². The number of aliphatic carboxylic acids is 1. The first-order valence-electron chi connectivity index (χ1n) is 6.87. The van der Waals surface area contributed by atoms with Crippen molar-refractivity contribution < 1.29 is 14.7 Å². The van der Waals surface area contributed by atoms with Crippen molar-refractivity contribution in [1.82, 2.24) is 15.5 Å². The van der Waals surface area contributed by atoms with Gasteiger partial charge in [-0.15, -0.1) is 0 Å². The summed E-state index contributed by atoms with van der Waals surface area (Å²) in [6.07, 6.45) is 2.73. The largest absolute Gasteiger partial charge is 0.480 e. The third-order valence-corrected chi connectivity index (χ3v) is 3.85. The van der Waals surface area contributed by atoms with E-state index in [1.165, 1.54) is 0 Å². The fourth-order valence-electron chi connectivity index (χ4n) is 2.24. The molecule has 110 valence electrons. The summed E-state index contributed by atoms with van der Waals surface area (Å²) in [4.78, 5) is 25.1. The molecule has 19 heavy (non-hydrogen) atoms. The van der Waals surface area contributed by atoms with E-state index in [-0.39, 0.29) is 6.03 Å². The Kier molecular flexibility index (Phi) is 5.60. The lowest BCUT2D eigenvalue weighted by Crippen LogP contribution is -2.56. The summed E-state index contributed by atoms with van der Waals surface area (Å²) >= 11 is 0. The molecule has 1 aliphatic rings. The maximum atomic E-state index is 11.8. The second-order valence-corrected chi connectivity index (χ2v) is 5.55. The predicted molar refractivity (Wildman–Crippen MR) is 73.1 cm³/mol. The van der Waals surface area contributed by atoms with Crippen LogP contribution >= 0.6 is 0 Å². The second-order valence-electron chi connectivity index (χ2n) is 5.55. The molecule has 1 fully saturated rings. The van der Waals surface area contributed by atoms with E-state index < -0.39 is 11.5 Å². The summed E-state index contributed by atoms with van der Waals surface area (Å²) in [6, 6.07) is 0.0338. The number of hydrogen-bond donors (Lipinski definition) is 3. The third-order valence-electron chi connectivity index (χ3n) is 3.85. The van der Waals surface area contributed by atoms with Crippen LogP contribution < -0.4 is 10.6 Å². The van der Waals surface area contributed by atoms with Gasteiger partial charge in [0.05, 0.1) is 0 Å². The van der Waals surface area contributed by atoms with E-state index in [1.807, 2.05) is 7.05 Å². The van der Waals surface area contributed by atoms with Crippen molar-refractivity contribution in [1.29, 1.82) is 0 Å². The van der Waals surface area contributed by atoms with Crippen molar-refractivity contribution in [3.05, 3.63) is 0 Å². The summed E-state index contributed by atoms with van der Waals surface area (Å²) in [5.41, 5.74) is -1.06. The average molecular weight is 271 g/mol. The highest BCUT2D eigenvalue weighted by Crippen LogP contribution is 2.29. The zero-order chi connectivity index (χ0) is 14.5. The number of nitrogens with zero attached hydrogens (tertiary/aromatic N) is 1. The molecule has 6 nitrogen and oxygen atoms in total. The topological polar surface area (TPSA) is 81.7 Å². The SMILES string of the molecule is CC(C)N(C)CCNC(=O)NC1(C(=O)O)CCCC1. The molecule has 3 N–H and O–H groups in total. The van der Waals surface area contributed by atoms with E-state index in [1.54, 1.807) is 0 Å². The molecule has 6 heteroatoms. The Morgan fingerprint density at radius 3 is 2.37 bits per heavy atom. The van der Waals surface area contributed by atoms with E-state index in [4.69, 9.17) is 0 Å². The summed E-state index contributed by atoms with van der Waals surface area (Å²) in [5, 5.41) is 14.6. The fourth-order valence-corrected chi connectivity index (χ4v) is 2.24. The van der Waals surface area contributed by atoms with Crippen LogP contribution in [0.5, 0.6) is 0 Å². The number of likely N-dealkylation sites (N-methyl/N-ethyl adjacent to an activating group) is 1. The molecule has 0 spiro atoms. The van der Waals surface area contributed by atoms with Crippen molar-refractivity contribution >= 4 is 12.0 Å². The van der Waals surface area contributed by atoms with Gasteiger partial charge in [0.2, 0.25) is 0 Å². The molecule has 0 aromatic rings. The quantitative estimate of drug-likeness (QED) is 0.674. The van der Waals surface area contributed by atoms with Crippen molar-refractivity contribution in [2.45, 2.75) is 51.1 Å². The number of rotatable bonds is 6. The van der Waals surface area contributed by atoms with Gasteiger partial charge in [-0.05, 0) is 33.7 Å². The predicted octanol–water partition coefficient (Wildman–Crippen LogP) is 1.02. The molecule has 1 saturated carbocycles. The molecular formula is C13H25N3O3. The van der Waals surface area contributed by atoms with Gasteiger partial charge in [-0.2, -0.15) is 0 Å². The lowest BCUT2D eigenvalue weighted by atomic mass is 9.98. The van der Waals surface area contributed by atoms with E-state index in [9.17, 15) is 14.7 Å². The minimum absolute atomic E-state index is 0.388. The molecule has 0 radical (unpaired) electrons. The first-order valence-corrected chi connectivity index (χ1v) is 6.87. The van der Waals surface area contributed by atoms with Crippen LogP contribution in [0.2, 0.25) is 0 Å². The molecule has 0 aromatic heterocycles. The first kappa shape index (κ1) is 15.8. The van der Waals surface area contributed by atoms with Gasteiger partial charge >= 0.3 is 12.0 Å². The number of carbonyl (C=O) groups excluding carboxylic acids is 1. The van der Waals surface area contributed by atoms with Crippen LogP contribution in [0.1, 0.15) is 39.5 Å². The zero-order valence-corrected chi connectivity index (χ0v) is 12.0. The number of carbonyl (C=O) groups is 2. The Morgan fingerprint density at radius 1 is 1.32 bits per heavy atom. The van der Waals surface area contributed by atoms with Crippen molar-refractivity contribution in [2.75, 3.05) is 20.1 Å². The van der Waals surface area contributed by atoms with Crippen LogP contribution in [0.4, 0.5) is 4.79 Å².